The van der Waals surface area contributed by atoms with Gasteiger partial charge in [-0.1, -0.05) is 12.1 Å². The first-order chi connectivity index (χ1) is 13.3. The smallest absolute Gasteiger partial charge is 0.243 e. The summed E-state index contributed by atoms with van der Waals surface area (Å²) in [5.74, 6) is 0.992. The van der Waals surface area contributed by atoms with E-state index >= 15 is 0 Å². The Morgan fingerprint density at radius 3 is 2.43 bits per heavy atom. The summed E-state index contributed by atoms with van der Waals surface area (Å²) in [4.78, 5) is 13.4. The number of benzene rings is 1. The van der Waals surface area contributed by atoms with Gasteiger partial charge in [0.15, 0.2) is 11.6 Å². The summed E-state index contributed by atoms with van der Waals surface area (Å²) in [5.41, 5.74) is 0.485. The molecule has 1 atom stereocenters. The van der Waals surface area contributed by atoms with Crippen LogP contribution in [-0.4, -0.2) is 62.0 Å². The quantitative estimate of drug-likeness (QED) is 0.680. The summed E-state index contributed by atoms with van der Waals surface area (Å²) in [5, 5.41) is 8.12. The zero-order chi connectivity index (χ0) is 20.3. The Morgan fingerprint density at radius 1 is 1.14 bits per heavy atom. The summed E-state index contributed by atoms with van der Waals surface area (Å²) >= 11 is 0. The molecule has 1 saturated heterocycles. The van der Waals surface area contributed by atoms with Crippen molar-refractivity contribution in [3.05, 3.63) is 42.0 Å². The van der Waals surface area contributed by atoms with Gasteiger partial charge in [-0.2, -0.15) is 4.31 Å². The van der Waals surface area contributed by atoms with E-state index < -0.39 is 10.0 Å². The first-order valence-corrected chi connectivity index (χ1v) is 10.5. The molecule has 0 N–H and O–H groups in total. The van der Waals surface area contributed by atoms with Crippen molar-refractivity contribution < 1.29 is 17.9 Å². The van der Waals surface area contributed by atoms with Crippen LogP contribution in [0.2, 0.25) is 0 Å². The highest BCUT2D eigenvalue weighted by molar-refractivity contribution is 7.89. The Labute approximate surface area is 165 Å². The van der Waals surface area contributed by atoms with Crippen molar-refractivity contribution in [3.63, 3.8) is 0 Å². The van der Waals surface area contributed by atoms with Crippen molar-refractivity contribution in [3.8, 4) is 5.88 Å². The van der Waals surface area contributed by atoms with E-state index in [9.17, 15) is 13.2 Å². The molecule has 0 radical (unpaired) electrons. The van der Waals surface area contributed by atoms with Crippen molar-refractivity contribution in [2.45, 2.75) is 30.8 Å². The average molecular weight is 404 g/mol. The lowest BCUT2D eigenvalue weighted by atomic mass is 10.1. The number of aromatic nitrogens is 2. The van der Waals surface area contributed by atoms with Gasteiger partial charge in [-0.15, -0.1) is 10.2 Å². The standard InChI is InChI=1S/C19H24N4O4S/c1-14(24)15-6-8-17(9-7-15)28(25,26)23-12-4-5-16(13-23)27-19-11-10-18(20-21-19)22(2)3/h6-11,16H,4-5,12-13H2,1-3H3. The molecule has 8 nitrogen and oxygen atoms in total. The van der Waals surface area contributed by atoms with E-state index in [4.69, 9.17) is 4.74 Å². The molecule has 28 heavy (non-hydrogen) atoms. The van der Waals surface area contributed by atoms with Crippen LogP contribution in [0, 0.1) is 0 Å². The number of piperidine rings is 1. The minimum atomic E-state index is -3.65. The molecule has 0 amide bonds. The number of hydrogen-bond acceptors (Lipinski definition) is 7. The number of ether oxygens (including phenoxy) is 1. The van der Waals surface area contributed by atoms with E-state index in [0.29, 0.717) is 30.2 Å². The van der Waals surface area contributed by atoms with Crippen molar-refractivity contribution in [2.75, 3.05) is 32.1 Å². The van der Waals surface area contributed by atoms with Crippen LogP contribution in [0.15, 0.2) is 41.3 Å². The third-order valence-corrected chi connectivity index (χ3v) is 6.49. The molecule has 150 valence electrons. The van der Waals surface area contributed by atoms with Gasteiger partial charge in [0.25, 0.3) is 0 Å². The molecule has 0 bridgehead atoms. The average Bonchev–Trinajstić information content (AvgIpc) is 2.68. The zero-order valence-electron chi connectivity index (χ0n) is 16.2. The highest BCUT2D eigenvalue weighted by Crippen LogP contribution is 2.23. The first kappa shape index (κ1) is 20.2. The maximum absolute atomic E-state index is 12.9. The molecule has 3 rings (SSSR count). The van der Waals surface area contributed by atoms with Gasteiger partial charge in [-0.25, -0.2) is 8.42 Å². The summed E-state index contributed by atoms with van der Waals surface area (Å²) < 4.78 is 33.2. The molecule has 1 aliphatic heterocycles. The molecule has 2 aromatic rings. The van der Waals surface area contributed by atoms with Crippen molar-refractivity contribution in [1.82, 2.24) is 14.5 Å². The van der Waals surface area contributed by atoms with Crippen molar-refractivity contribution in [1.29, 1.82) is 0 Å². The largest absolute Gasteiger partial charge is 0.472 e. The van der Waals surface area contributed by atoms with Crippen LogP contribution in [-0.2, 0) is 10.0 Å². The third kappa shape index (κ3) is 4.48. The topological polar surface area (TPSA) is 92.7 Å². The molecule has 0 aliphatic carbocycles. The molecular weight excluding hydrogens is 380 g/mol. The molecule has 1 unspecified atom stereocenters. The summed E-state index contributed by atoms with van der Waals surface area (Å²) in [6.07, 6.45) is 1.14. The lowest BCUT2D eigenvalue weighted by Gasteiger charge is -2.31. The van der Waals surface area contributed by atoms with E-state index in [-0.39, 0.29) is 23.3 Å². The monoisotopic (exact) mass is 404 g/mol. The van der Waals surface area contributed by atoms with E-state index in [1.54, 1.807) is 12.1 Å². The molecule has 0 saturated carbocycles. The number of hydrogen-bond donors (Lipinski definition) is 0. The maximum atomic E-state index is 12.9. The molecular formula is C19H24N4O4S. The SMILES string of the molecule is CC(=O)c1ccc(S(=O)(=O)N2CCCC(Oc3ccc(N(C)C)nn3)C2)cc1. The fourth-order valence-electron chi connectivity index (χ4n) is 3.02. The third-order valence-electron chi connectivity index (χ3n) is 4.61. The number of Topliss-reactive ketones (excluding diaryl/α,β-unsaturated/α-hetero) is 1. The Kier molecular flexibility index (Phi) is 5.95. The lowest BCUT2D eigenvalue weighted by molar-refractivity contribution is 0.101. The van der Waals surface area contributed by atoms with Gasteiger partial charge in [0, 0.05) is 32.3 Å². The van der Waals surface area contributed by atoms with Crippen LogP contribution in [0.5, 0.6) is 5.88 Å². The second kappa shape index (κ2) is 8.24. The fourth-order valence-corrected chi connectivity index (χ4v) is 4.53. The fraction of sp³-hybridized carbons (Fsp3) is 0.421. The van der Waals surface area contributed by atoms with Gasteiger partial charge in [-0.05, 0) is 38.0 Å². The zero-order valence-corrected chi connectivity index (χ0v) is 17.0. The van der Waals surface area contributed by atoms with Gasteiger partial charge in [0.1, 0.15) is 6.10 Å². The van der Waals surface area contributed by atoms with Crippen LogP contribution in [0.25, 0.3) is 0 Å². The summed E-state index contributed by atoms with van der Waals surface area (Å²) in [7, 11) is 0.0965. The molecule has 0 spiro atoms. The van der Waals surface area contributed by atoms with Crippen LogP contribution >= 0.6 is 0 Å². The predicted octanol–water partition coefficient (Wildman–Crippen LogP) is 1.98. The number of sulfonamides is 1. The highest BCUT2D eigenvalue weighted by atomic mass is 32.2. The predicted molar refractivity (Wildman–Crippen MR) is 105 cm³/mol. The van der Waals surface area contributed by atoms with E-state index in [0.717, 1.165) is 6.42 Å². The first-order valence-electron chi connectivity index (χ1n) is 9.06. The Morgan fingerprint density at radius 2 is 1.86 bits per heavy atom. The second-order valence-electron chi connectivity index (χ2n) is 6.95. The molecule has 1 fully saturated rings. The minimum absolute atomic E-state index is 0.100. The highest BCUT2D eigenvalue weighted by Gasteiger charge is 2.31. The minimum Gasteiger partial charge on any atom is -0.472 e. The Balaban J connectivity index is 1.70. The van der Waals surface area contributed by atoms with Crippen LogP contribution in [0.1, 0.15) is 30.1 Å². The van der Waals surface area contributed by atoms with Crippen LogP contribution < -0.4 is 9.64 Å². The lowest BCUT2D eigenvalue weighted by Crippen LogP contribution is -2.44. The molecule has 1 aliphatic rings. The molecule has 1 aromatic heterocycles. The van der Waals surface area contributed by atoms with Crippen LogP contribution in [0.3, 0.4) is 0 Å². The van der Waals surface area contributed by atoms with Crippen molar-refractivity contribution >= 4 is 21.6 Å². The Hall–Kier alpha value is -2.52. The normalized spacial score (nSPS) is 17.9. The van der Waals surface area contributed by atoms with E-state index in [1.807, 2.05) is 19.0 Å². The van der Waals surface area contributed by atoms with Gasteiger partial charge in [0.2, 0.25) is 15.9 Å². The Bertz CT molecular complexity index is 927. The summed E-state index contributed by atoms with van der Waals surface area (Å²) in [6.45, 7) is 2.12. The van der Waals surface area contributed by atoms with Crippen molar-refractivity contribution in [2.24, 2.45) is 0 Å². The number of carbonyl (C=O) groups excluding carboxylic acids is 1. The number of nitrogens with zero attached hydrogens (tertiary/aromatic N) is 4. The van der Waals surface area contributed by atoms with Gasteiger partial charge in [0.05, 0.1) is 11.4 Å². The van der Waals surface area contributed by atoms with Gasteiger partial charge >= 0.3 is 0 Å². The second-order valence-corrected chi connectivity index (χ2v) is 8.89. The molecule has 1 aromatic carbocycles. The van der Waals surface area contributed by atoms with E-state index in [1.165, 1.54) is 35.5 Å². The van der Waals surface area contributed by atoms with E-state index in [2.05, 4.69) is 10.2 Å². The van der Waals surface area contributed by atoms with Gasteiger partial charge < -0.3 is 9.64 Å². The molecule has 9 heteroatoms. The number of carbonyl (C=O) groups is 1. The maximum Gasteiger partial charge on any atom is 0.243 e. The summed E-state index contributed by atoms with van der Waals surface area (Å²) in [6, 6.07) is 9.56. The number of rotatable bonds is 6. The van der Waals surface area contributed by atoms with Crippen LogP contribution in [0.4, 0.5) is 5.82 Å². The molecule has 2 heterocycles. The number of ketones is 1. The van der Waals surface area contributed by atoms with Gasteiger partial charge in [-0.3, -0.25) is 4.79 Å². The number of anilines is 1.